The highest BCUT2D eigenvalue weighted by atomic mass is 16.6. The number of nitrogens with two attached hydrogens (primary N) is 1. The van der Waals surface area contributed by atoms with Gasteiger partial charge in [-0.2, -0.15) is 0 Å². The maximum atomic E-state index is 10.8. The summed E-state index contributed by atoms with van der Waals surface area (Å²) in [5, 5.41) is 19.7. The second-order valence-electron chi connectivity index (χ2n) is 4.65. The number of nitrogen functional groups attached to an aromatic ring is 1. The molecule has 6 heteroatoms. The molecule has 1 aromatic rings. The lowest BCUT2D eigenvalue weighted by atomic mass is 10.1. The molecule has 0 spiro atoms. The van der Waals surface area contributed by atoms with Crippen molar-refractivity contribution in [3.05, 3.63) is 28.3 Å². The third kappa shape index (κ3) is 2.70. The Bertz CT molecular complexity index is 450. The minimum absolute atomic E-state index is 0.0237. The van der Waals surface area contributed by atoms with Crippen molar-refractivity contribution >= 4 is 17.1 Å². The Balaban J connectivity index is 2.16. The highest BCUT2D eigenvalue weighted by molar-refractivity contribution is 5.63. The Morgan fingerprint density at radius 2 is 2.28 bits per heavy atom. The fraction of sp³-hybridized carbons (Fsp3) is 0.500. The highest BCUT2D eigenvalue weighted by Crippen LogP contribution is 2.30. The van der Waals surface area contributed by atoms with E-state index in [9.17, 15) is 10.1 Å². The first-order valence-corrected chi connectivity index (χ1v) is 6.01. The lowest BCUT2D eigenvalue weighted by Crippen LogP contribution is -2.20. The molecule has 0 aliphatic carbocycles. The number of nitro groups is 1. The van der Waals surface area contributed by atoms with Crippen LogP contribution in [0.5, 0.6) is 0 Å². The van der Waals surface area contributed by atoms with Crippen LogP contribution in [0.15, 0.2) is 18.2 Å². The summed E-state index contributed by atoms with van der Waals surface area (Å²) in [7, 11) is 0. The predicted octanol–water partition coefficient (Wildman–Crippen LogP) is 1.39. The third-order valence-corrected chi connectivity index (χ3v) is 3.32. The van der Waals surface area contributed by atoms with Gasteiger partial charge in [0.1, 0.15) is 0 Å². The van der Waals surface area contributed by atoms with Crippen LogP contribution in [-0.4, -0.2) is 29.7 Å². The van der Waals surface area contributed by atoms with E-state index in [2.05, 4.69) is 4.90 Å². The van der Waals surface area contributed by atoms with Gasteiger partial charge in [-0.15, -0.1) is 0 Å². The molecular weight excluding hydrogens is 234 g/mol. The van der Waals surface area contributed by atoms with Gasteiger partial charge in [-0.05, 0) is 24.8 Å². The molecule has 1 fully saturated rings. The average Bonchev–Trinajstić information content (AvgIpc) is 2.77. The van der Waals surface area contributed by atoms with Crippen molar-refractivity contribution < 1.29 is 10.0 Å². The summed E-state index contributed by atoms with van der Waals surface area (Å²) < 4.78 is 0. The van der Waals surface area contributed by atoms with E-state index >= 15 is 0 Å². The molecule has 1 atom stereocenters. The zero-order chi connectivity index (χ0) is 13.1. The maximum Gasteiger partial charge on any atom is 0.273 e. The quantitative estimate of drug-likeness (QED) is 0.479. The van der Waals surface area contributed by atoms with Crippen molar-refractivity contribution in [1.82, 2.24) is 0 Å². The third-order valence-electron chi connectivity index (χ3n) is 3.32. The lowest BCUT2D eigenvalue weighted by molar-refractivity contribution is -0.384. The first kappa shape index (κ1) is 12.6. The van der Waals surface area contributed by atoms with Crippen LogP contribution in [-0.2, 0) is 0 Å². The molecule has 1 aliphatic rings. The second-order valence-corrected chi connectivity index (χ2v) is 4.65. The molecule has 0 aromatic heterocycles. The molecule has 1 aromatic carbocycles. The molecule has 1 aliphatic heterocycles. The normalized spacial score (nSPS) is 19.2. The van der Waals surface area contributed by atoms with Crippen molar-refractivity contribution in [2.45, 2.75) is 12.8 Å². The SMILES string of the molecule is Nc1cc(N2CCC(CCO)C2)cc([N+](=O)[O-])c1. The summed E-state index contributed by atoms with van der Waals surface area (Å²) in [6, 6.07) is 4.68. The van der Waals surface area contributed by atoms with Gasteiger partial charge in [-0.25, -0.2) is 0 Å². The molecule has 1 saturated heterocycles. The van der Waals surface area contributed by atoms with Crippen LogP contribution >= 0.6 is 0 Å². The molecular formula is C12H17N3O3. The van der Waals surface area contributed by atoms with Gasteiger partial charge >= 0.3 is 0 Å². The summed E-state index contributed by atoms with van der Waals surface area (Å²) in [6.07, 6.45) is 1.78. The number of benzene rings is 1. The molecule has 0 radical (unpaired) electrons. The van der Waals surface area contributed by atoms with Crippen molar-refractivity contribution in [2.75, 3.05) is 30.3 Å². The molecule has 18 heavy (non-hydrogen) atoms. The van der Waals surface area contributed by atoms with E-state index in [1.54, 1.807) is 12.1 Å². The molecule has 6 nitrogen and oxygen atoms in total. The van der Waals surface area contributed by atoms with Gasteiger partial charge < -0.3 is 15.7 Å². The highest BCUT2D eigenvalue weighted by Gasteiger charge is 2.23. The average molecular weight is 251 g/mol. The monoisotopic (exact) mass is 251 g/mol. The van der Waals surface area contributed by atoms with Crippen molar-refractivity contribution in [3.63, 3.8) is 0 Å². The summed E-state index contributed by atoms with van der Waals surface area (Å²) in [5.41, 5.74) is 6.91. The van der Waals surface area contributed by atoms with Gasteiger partial charge in [0.05, 0.1) is 4.92 Å². The van der Waals surface area contributed by atoms with Crippen LogP contribution in [0.4, 0.5) is 17.1 Å². The Morgan fingerprint density at radius 3 is 2.94 bits per heavy atom. The van der Waals surface area contributed by atoms with Gasteiger partial charge in [0.15, 0.2) is 0 Å². The van der Waals surface area contributed by atoms with Gasteiger partial charge in [-0.1, -0.05) is 0 Å². The molecule has 3 N–H and O–H groups in total. The Morgan fingerprint density at radius 1 is 1.50 bits per heavy atom. The minimum atomic E-state index is -0.429. The lowest BCUT2D eigenvalue weighted by Gasteiger charge is -2.18. The minimum Gasteiger partial charge on any atom is -0.398 e. The first-order chi connectivity index (χ1) is 8.60. The molecule has 0 bridgehead atoms. The van der Waals surface area contributed by atoms with Gasteiger partial charge in [0.2, 0.25) is 0 Å². The van der Waals surface area contributed by atoms with Crippen LogP contribution in [0.3, 0.4) is 0 Å². The Kier molecular flexibility index (Phi) is 3.66. The number of hydrogen-bond acceptors (Lipinski definition) is 5. The summed E-state index contributed by atoms with van der Waals surface area (Å²) >= 11 is 0. The molecule has 1 unspecified atom stereocenters. The number of anilines is 2. The van der Waals surface area contributed by atoms with Crippen molar-refractivity contribution in [3.8, 4) is 0 Å². The number of nitro benzene ring substituents is 1. The number of non-ortho nitro benzene ring substituents is 1. The van der Waals surface area contributed by atoms with Crippen LogP contribution < -0.4 is 10.6 Å². The first-order valence-electron chi connectivity index (χ1n) is 6.01. The van der Waals surface area contributed by atoms with E-state index in [-0.39, 0.29) is 12.3 Å². The zero-order valence-corrected chi connectivity index (χ0v) is 10.1. The van der Waals surface area contributed by atoms with Crippen LogP contribution in [0, 0.1) is 16.0 Å². The fourth-order valence-electron chi connectivity index (χ4n) is 2.39. The Hall–Kier alpha value is -1.82. The smallest absolute Gasteiger partial charge is 0.273 e. The van der Waals surface area contributed by atoms with Crippen molar-refractivity contribution in [2.24, 2.45) is 5.92 Å². The van der Waals surface area contributed by atoms with E-state index in [0.29, 0.717) is 11.6 Å². The van der Waals surface area contributed by atoms with Crippen LogP contribution in [0.25, 0.3) is 0 Å². The topological polar surface area (TPSA) is 92.6 Å². The van der Waals surface area contributed by atoms with Gasteiger partial charge in [-0.3, -0.25) is 10.1 Å². The maximum absolute atomic E-state index is 10.8. The summed E-state index contributed by atoms with van der Waals surface area (Å²) in [5.74, 6) is 0.454. The van der Waals surface area contributed by atoms with Gasteiger partial charge in [0.25, 0.3) is 5.69 Å². The molecule has 0 amide bonds. The van der Waals surface area contributed by atoms with Crippen LogP contribution in [0.2, 0.25) is 0 Å². The fourth-order valence-corrected chi connectivity index (χ4v) is 2.39. The molecule has 1 heterocycles. The summed E-state index contributed by atoms with van der Waals surface area (Å²) in [6.45, 7) is 1.86. The van der Waals surface area contributed by atoms with E-state index in [4.69, 9.17) is 10.8 Å². The van der Waals surface area contributed by atoms with Crippen molar-refractivity contribution in [1.29, 1.82) is 0 Å². The largest absolute Gasteiger partial charge is 0.398 e. The van der Waals surface area contributed by atoms with Gasteiger partial charge in [0, 0.05) is 43.2 Å². The number of aliphatic hydroxyl groups excluding tert-OH is 1. The molecule has 98 valence electrons. The predicted molar refractivity (Wildman–Crippen MR) is 69.5 cm³/mol. The number of nitrogens with zero attached hydrogens (tertiary/aromatic N) is 2. The standard InChI is InChI=1S/C12H17N3O3/c13-10-5-11(7-12(6-10)15(17)18)14-3-1-9(8-14)2-4-16/h5-7,9,16H,1-4,8,13H2. The van der Waals surface area contributed by atoms with E-state index in [1.165, 1.54) is 6.07 Å². The molecule has 2 rings (SSSR count). The van der Waals surface area contributed by atoms with E-state index in [0.717, 1.165) is 31.6 Å². The second kappa shape index (κ2) is 5.22. The number of hydrogen-bond donors (Lipinski definition) is 2. The Labute approximate surface area is 105 Å². The van der Waals surface area contributed by atoms with E-state index in [1.807, 2.05) is 0 Å². The summed E-state index contributed by atoms with van der Waals surface area (Å²) in [4.78, 5) is 12.4. The number of rotatable bonds is 4. The number of aliphatic hydroxyl groups is 1. The zero-order valence-electron chi connectivity index (χ0n) is 10.1. The van der Waals surface area contributed by atoms with Crippen LogP contribution in [0.1, 0.15) is 12.8 Å². The van der Waals surface area contributed by atoms with E-state index < -0.39 is 4.92 Å². The molecule has 0 saturated carbocycles.